The third-order valence-electron chi connectivity index (χ3n) is 2.35. The molecule has 15 heavy (non-hydrogen) atoms. The summed E-state index contributed by atoms with van der Waals surface area (Å²) in [6, 6.07) is 3.77. The molecule has 80 valence electrons. The van der Waals surface area contributed by atoms with Crippen LogP contribution in [0.2, 0.25) is 5.02 Å². The van der Waals surface area contributed by atoms with Crippen LogP contribution in [0.15, 0.2) is 12.1 Å². The minimum Gasteiger partial charge on any atom is -0.340 e. The molecular formula is C11H14ClN3. The van der Waals surface area contributed by atoms with Crippen molar-refractivity contribution in [2.45, 2.75) is 26.3 Å². The Hall–Kier alpha value is -1.06. The highest BCUT2D eigenvalue weighted by Crippen LogP contribution is 2.24. The van der Waals surface area contributed by atoms with Gasteiger partial charge in [0.1, 0.15) is 5.82 Å². The minimum absolute atomic E-state index is 0.460. The lowest BCUT2D eigenvalue weighted by Crippen LogP contribution is -2.30. The van der Waals surface area contributed by atoms with Gasteiger partial charge in [-0.05, 0) is 38.5 Å². The summed E-state index contributed by atoms with van der Waals surface area (Å²) in [5.74, 6) is 0.780. The van der Waals surface area contributed by atoms with E-state index < -0.39 is 5.54 Å². The van der Waals surface area contributed by atoms with Crippen LogP contribution in [0, 0.1) is 6.92 Å². The SMILES string of the molecule is Cc1cc(Cl)cc2[nH]c(C(C)(C)N)nc12. The van der Waals surface area contributed by atoms with Gasteiger partial charge >= 0.3 is 0 Å². The van der Waals surface area contributed by atoms with Crippen LogP contribution in [-0.2, 0) is 5.54 Å². The van der Waals surface area contributed by atoms with Gasteiger partial charge in [0.2, 0.25) is 0 Å². The Morgan fingerprint density at radius 3 is 2.67 bits per heavy atom. The van der Waals surface area contributed by atoms with Crippen molar-refractivity contribution in [3.8, 4) is 0 Å². The molecule has 0 amide bonds. The Morgan fingerprint density at radius 2 is 2.07 bits per heavy atom. The molecule has 0 aliphatic heterocycles. The van der Waals surface area contributed by atoms with E-state index in [-0.39, 0.29) is 0 Å². The topological polar surface area (TPSA) is 54.7 Å². The predicted octanol–water partition coefficient (Wildman–Crippen LogP) is 2.72. The Labute approximate surface area is 93.6 Å². The molecule has 0 atom stereocenters. The number of H-pyrrole nitrogens is 1. The Balaban J connectivity index is 2.71. The van der Waals surface area contributed by atoms with Gasteiger partial charge in [-0.2, -0.15) is 0 Å². The van der Waals surface area contributed by atoms with E-state index in [2.05, 4.69) is 9.97 Å². The third-order valence-corrected chi connectivity index (χ3v) is 2.57. The molecule has 0 spiro atoms. The predicted molar refractivity (Wildman–Crippen MR) is 63.1 cm³/mol. The number of aromatic nitrogens is 2. The first-order valence-electron chi connectivity index (χ1n) is 4.83. The van der Waals surface area contributed by atoms with Crippen LogP contribution in [0.25, 0.3) is 11.0 Å². The molecule has 0 unspecified atom stereocenters. The standard InChI is InChI=1S/C11H14ClN3/c1-6-4-7(12)5-8-9(6)15-10(14-8)11(2,3)13/h4-5H,13H2,1-3H3,(H,14,15). The normalized spacial score (nSPS) is 12.3. The Bertz CT molecular complexity index is 508. The van der Waals surface area contributed by atoms with Crippen LogP contribution >= 0.6 is 11.6 Å². The Morgan fingerprint density at radius 1 is 1.40 bits per heavy atom. The van der Waals surface area contributed by atoms with Crippen LogP contribution < -0.4 is 5.73 Å². The van der Waals surface area contributed by atoms with Gasteiger partial charge in [-0.25, -0.2) is 4.98 Å². The highest BCUT2D eigenvalue weighted by molar-refractivity contribution is 6.31. The maximum absolute atomic E-state index is 5.98. The smallest absolute Gasteiger partial charge is 0.126 e. The second-order valence-electron chi connectivity index (χ2n) is 4.43. The first kappa shape index (κ1) is 10.5. The van der Waals surface area contributed by atoms with Crippen molar-refractivity contribution in [2.75, 3.05) is 0 Å². The summed E-state index contributed by atoms with van der Waals surface area (Å²) in [6.07, 6.45) is 0. The number of nitrogens with two attached hydrogens (primary N) is 1. The van der Waals surface area contributed by atoms with E-state index in [0.29, 0.717) is 5.02 Å². The number of imidazole rings is 1. The van der Waals surface area contributed by atoms with Crippen molar-refractivity contribution in [3.63, 3.8) is 0 Å². The first-order valence-corrected chi connectivity index (χ1v) is 5.21. The summed E-state index contributed by atoms with van der Waals surface area (Å²) < 4.78 is 0. The largest absolute Gasteiger partial charge is 0.340 e. The summed E-state index contributed by atoms with van der Waals surface area (Å²) in [7, 11) is 0. The maximum Gasteiger partial charge on any atom is 0.126 e. The fourth-order valence-corrected chi connectivity index (χ4v) is 1.82. The molecule has 0 saturated carbocycles. The molecule has 3 N–H and O–H groups in total. The molecular weight excluding hydrogens is 210 g/mol. The fraction of sp³-hybridized carbons (Fsp3) is 0.364. The van der Waals surface area contributed by atoms with Crippen LogP contribution in [0.1, 0.15) is 25.2 Å². The van der Waals surface area contributed by atoms with Crippen molar-refractivity contribution in [1.29, 1.82) is 0 Å². The van der Waals surface area contributed by atoms with Crippen molar-refractivity contribution in [3.05, 3.63) is 28.5 Å². The van der Waals surface area contributed by atoms with Gasteiger partial charge < -0.3 is 10.7 Å². The molecule has 3 nitrogen and oxygen atoms in total. The first-order chi connectivity index (χ1) is 6.88. The number of halogens is 1. The molecule has 0 fully saturated rings. The molecule has 0 radical (unpaired) electrons. The van der Waals surface area contributed by atoms with Crippen molar-refractivity contribution in [2.24, 2.45) is 5.73 Å². The number of aryl methyl sites for hydroxylation is 1. The quantitative estimate of drug-likeness (QED) is 0.781. The number of nitrogens with zero attached hydrogens (tertiary/aromatic N) is 1. The second-order valence-corrected chi connectivity index (χ2v) is 4.86. The van der Waals surface area contributed by atoms with Gasteiger partial charge in [-0.1, -0.05) is 11.6 Å². The maximum atomic E-state index is 5.98. The second kappa shape index (κ2) is 3.22. The number of hydrogen-bond donors (Lipinski definition) is 2. The van der Waals surface area contributed by atoms with E-state index in [1.807, 2.05) is 32.9 Å². The molecule has 1 aromatic heterocycles. The van der Waals surface area contributed by atoms with E-state index in [9.17, 15) is 0 Å². The van der Waals surface area contributed by atoms with E-state index in [4.69, 9.17) is 17.3 Å². The lowest BCUT2D eigenvalue weighted by molar-refractivity contribution is 0.522. The number of aromatic amines is 1. The molecule has 1 heterocycles. The minimum atomic E-state index is -0.460. The van der Waals surface area contributed by atoms with Crippen LogP contribution in [0.4, 0.5) is 0 Å². The molecule has 2 rings (SSSR count). The van der Waals surface area contributed by atoms with Crippen LogP contribution in [0.5, 0.6) is 0 Å². The number of benzene rings is 1. The van der Waals surface area contributed by atoms with Gasteiger partial charge in [0.25, 0.3) is 0 Å². The van der Waals surface area contributed by atoms with Crippen LogP contribution in [0.3, 0.4) is 0 Å². The highest BCUT2D eigenvalue weighted by atomic mass is 35.5. The van der Waals surface area contributed by atoms with E-state index in [1.54, 1.807) is 0 Å². The van der Waals surface area contributed by atoms with Crippen molar-refractivity contribution in [1.82, 2.24) is 9.97 Å². The average Bonchev–Trinajstić information content (AvgIpc) is 2.46. The number of nitrogens with one attached hydrogen (secondary N) is 1. The molecule has 0 bridgehead atoms. The van der Waals surface area contributed by atoms with Crippen LogP contribution in [-0.4, -0.2) is 9.97 Å². The number of fused-ring (bicyclic) bond motifs is 1. The lowest BCUT2D eigenvalue weighted by atomic mass is 10.1. The van der Waals surface area contributed by atoms with Crippen molar-refractivity contribution >= 4 is 22.6 Å². The van der Waals surface area contributed by atoms with E-state index >= 15 is 0 Å². The highest BCUT2D eigenvalue weighted by Gasteiger charge is 2.19. The van der Waals surface area contributed by atoms with Gasteiger partial charge in [-0.15, -0.1) is 0 Å². The summed E-state index contributed by atoms with van der Waals surface area (Å²) in [5, 5.41) is 0.713. The number of hydrogen-bond acceptors (Lipinski definition) is 2. The van der Waals surface area contributed by atoms with Gasteiger partial charge in [0, 0.05) is 5.02 Å². The third kappa shape index (κ3) is 1.85. The fourth-order valence-electron chi connectivity index (χ4n) is 1.55. The summed E-state index contributed by atoms with van der Waals surface area (Å²) in [5.41, 5.74) is 8.46. The van der Waals surface area contributed by atoms with Gasteiger partial charge in [0.15, 0.2) is 0 Å². The van der Waals surface area contributed by atoms with E-state index in [0.717, 1.165) is 22.4 Å². The summed E-state index contributed by atoms with van der Waals surface area (Å²) in [6.45, 7) is 5.83. The molecule has 1 aromatic carbocycles. The summed E-state index contributed by atoms with van der Waals surface area (Å²) >= 11 is 5.97. The molecule has 0 saturated heterocycles. The molecule has 2 aromatic rings. The summed E-state index contributed by atoms with van der Waals surface area (Å²) in [4.78, 5) is 7.68. The average molecular weight is 224 g/mol. The van der Waals surface area contributed by atoms with Gasteiger partial charge in [-0.3, -0.25) is 0 Å². The molecule has 0 aliphatic carbocycles. The zero-order valence-electron chi connectivity index (χ0n) is 9.06. The zero-order chi connectivity index (χ0) is 11.2. The zero-order valence-corrected chi connectivity index (χ0v) is 9.81. The Kier molecular flexibility index (Phi) is 2.24. The van der Waals surface area contributed by atoms with Gasteiger partial charge in [0.05, 0.1) is 16.6 Å². The molecule has 4 heteroatoms. The molecule has 0 aliphatic rings. The van der Waals surface area contributed by atoms with Crippen molar-refractivity contribution < 1.29 is 0 Å². The monoisotopic (exact) mass is 223 g/mol. The van der Waals surface area contributed by atoms with E-state index in [1.165, 1.54) is 0 Å². The lowest BCUT2D eigenvalue weighted by Gasteiger charge is -2.14. The number of rotatable bonds is 1.